The van der Waals surface area contributed by atoms with Crippen LogP contribution >= 0.6 is 0 Å². The summed E-state index contributed by atoms with van der Waals surface area (Å²) in [5.41, 5.74) is 0. The van der Waals surface area contributed by atoms with Crippen molar-refractivity contribution < 1.29 is 14.7 Å². The zero-order chi connectivity index (χ0) is 14.3. The first-order valence-electron chi connectivity index (χ1n) is 7.55. The lowest BCUT2D eigenvalue weighted by molar-refractivity contribution is -0.141. The summed E-state index contributed by atoms with van der Waals surface area (Å²) < 4.78 is 0. The molecule has 0 aromatic heterocycles. The molecule has 4 heteroatoms. The Bertz CT molecular complexity index is 298. The number of hydrogen-bond acceptors (Lipinski definition) is 2. The molecule has 4 nitrogen and oxygen atoms in total. The number of aliphatic carboxylic acids is 1. The van der Waals surface area contributed by atoms with Gasteiger partial charge in [0.15, 0.2) is 0 Å². The number of amides is 1. The monoisotopic (exact) mass is 269 g/mol. The molecule has 0 heterocycles. The third-order valence-electron chi connectivity index (χ3n) is 4.21. The van der Waals surface area contributed by atoms with Crippen LogP contribution in [0, 0.1) is 17.8 Å². The zero-order valence-electron chi connectivity index (χ0n) is 12.2. The van der Waals surface area contributed by atoms with Crippen LogP contribution in [0.25, 0.3) is 0 Å². The maximum Gasteiger partial charge on any atom is 0.308 e. The Morgan fingerprint density at radius 1 is 1.26 bits per heavy atom. The Balaban J connectivity index is 2.36. The van der Waals surface area contributed by atoms with Gasteiger partial charge in [-0.1, -0.05) is 46.0 Å². The molecule has 0 aromatic carbocycles. The second-order valence-corrected chi connectivity index (χ2v) is 5.83. The van der Waals surface area contributed by atoms with Gasteiger partial charge in [-0.15, -0.1) is 0 Å². The number of carbonyl (C=O) groups excluding carboxylic acids is 1. The second kappa shape index (κ2) is 8.18. The van der Waals surface area contributed by atoms with Crippen LogP contribution < -0.4 is 5.32 Å². The summed E-state index contributed by atoms with van der Waals surface area (Å²) >= 11 is 0. The molecule has 0 aromatic rings. The van der Waals surface area contributed by atoms with Crippen molar-refractivity contribution >= 4 is 11.9 Å². The van der Waals surface area contributed by atoms with Gasteiger partial charge in [0, 0.05) is 12.5 Å². The van der Waals surface area contributed by atoms with E-state index in [-0.39, 0.29) is 18.4 Å². The molecule has 1 fully saturated rings. The molecule has 2 N–H and O–H groups in total. The Morgan fingerprint density at radius 2 is 1.89 bits per heavy atom. The summed E-state index contributed by atoms with van der Waals surface area (Å²) in [5, 5.41) is 11.6. The number of hydrogen-bond donors (Lipinski definition) is 2. The van der Waals surface area contributed by atoms with Crippen LogP contribution in [0.5, 0.6) is 0 Å². The summed E-state index contributed by atoms with van der Waals surface area (Å²) in [6, 6.07) is 0. The molecule has 1 aliphatic carbocycles. The normalized spacial score (nSPS) is 19.7. The Kier molecular flexibility index (Phi) is 6.89. The van der Waals surface area contributed by atoms with Crippen LogP contribution in [0.1, 0.15) is 58.8 Å². The van der Waals surface area contributed by atoms with Crippen molar-refractivity contribution in [3.05, 3.63) is 0 Å². The van der Waals surface area contributed by atoms with Crippen molar-refractivity contribution in [3.63, 3.8) is 0 Å². The van der Waals surface area contributed by atoms with Gasteiger partial charge in [0.2, 0.25) is 5.91 Å². The van der Waals surface area contributed by atoms with Gasteiger partial charge in [-0.25, -0.2) is 0 Å². The lowest BCUT2D eigenvalue weighted by Crippen LogP contribution is -2.36. The molecule has 0 saturated heterocycles. The van der Waals surface area contributed by atoms with Crippen molar-refractivity contribution in [2.75, 3.05) is 6.54 Å². The first-order chi connectivity index (χ1) is 9.04. The van der Waals surface area contributed by atoms with Gasteiger partial charge < -0.3 is 10.4 Å². The predicted octanol–water partition coefficient (Wildman–Crippen LogP) is 2.82. The van der Waals surface area contributed by atoms with E-state index in [4.69, 9.17) is 5.11 Å². The highest BCUT2D eigenvalue weighted by Crippen LogP contribution is 2.30. The summed E-state index contributed by atoms with van der Waals surface area (Å²) in [5.74, 6) is -0.622. The lowest BCUT2D eigenvalue weighted by atomic mass is 9.82. The number of nitrogens with one attached hydrogen (secondary N) is 1. The molecule has 0 aliphatic heterocycles. The van der Waals surface area contributed by atoms with Gasteiger partial charge >= 0.3 is 5.97 Å². The average Bonchev–Trinajstić information content (AvgIpc) is 2.42. The van der Waals surface area contributed by atoms with E-state index in [0.29, 0.717) is 5.92 Å². The lowest BCUT2D eigenvalue weighted by Gasteiger charge is -2.25. The molecule has 110 valence electrons. The largest absolute Gasteiger partial charge is 0.481 e. The molecule has 0 radical (unpaired) electrons. The number of carboxylic acid groups (broad SMARTS) is 1. The minimum Gasteiger partial charge on any atom is -0.481 e. The molecule has 2 unspecified atom stereocenters. The second-order valence-electron chi connectivity index (χ2n) is 5.83. The van der Waals surface area contributed by atoms with E-state index in [0.717, 1.165) is 12.8 Å². The minimum absolute atomic E-state index is 0.0289. The maximum atomic E-state index is 12.1. The van der Waals surface area contributed by atoms with Crippen LogP contribution in [0.2, 0.25) is 0 Å². The molecule has 0 spiro atoms. The minimum atomic E-state index is -0.861. The van der Waals surface area contributed by atoms with Crippen molar-refractivity contribution in [2.45, 2.75) is 58.8 Å². The van der Waals surface area contributed by atoms with E-state index in [2.05, 4.69) is 5.32 Å². The highest BCUT2D eigenvalue weighted by Gasteiger charge is 2.23. The van der Waals surface area contributed by atoms with Gasteiger partial charge in [-0.3, -0.25) is 9.59 Å². The van der Waals surface area contributed by atoms with E-state index >= 15 is 0 Å². The van der Waals surface area contributed by atoms with E-state index in [9.17, 15) is 9.59 Å². The highest BCUT2D eigenvalue weighted by atomic mass is 16.4. The smallest absolute Gasteiger partial charge is 0.308 e. The fourth-order valence-corrected chi connectivity index (χ4v) is 2.77. The van der Waals surface area contributed by atoms with Gasteiger partial charge in [-0.05, 0) is 18.8 Å². The molecule has 1 saturated carbocycles. The van der Waals surface area contributed by atoms with Crippen LogP contribution in [0.4, 0.5) is 0 Å². The summed E-state index contributed by atoms with van der Waals surface area (Å²) in [6.07, 6.45) is 8.20. The molecule has 19 heavy (non-hydrogen) atoms. The average molecular weight is 269 g/mol. The Morgan fingerprint density at radius 3 is 2.42 bits per heavy atom. The molecule has 1 amide bonds. The predicted molar refractivity (Wildman–Crippen MR) is 74.8 cm³/mol. The van der Waals surface area contributed by atoms with Gasteiger partial charge in [0.25, 0.3) is 0 Å². The van der Waals surface area contributed by atoms with Crippen molar-refractivity contribution in [1.82, 2.24) is 5.32 Å². The van der Waals surface area contributed by atoms with Crippen molar-refractivity contribution in [1.29, 1.82) is 0 Å². The third kappa shape index (κ3) is 5.62. The fourth-order valence-electron chi connectivity index (χ4n) is 2.77. The van der Waals surface area contributed by atoms with E-state index in [1.165, 1.54) is 32.1 Å². The van der Waals surface area contributed by atoms with Gasteiger partial charge in [0.1, 0.15) is 0 Å². The van der Waals surface area contributed by atoms with Crippen LogP contribution in [0.3, 0.4) is 0 Å². The van der Waals surface area contributed by atoms with Crippen LogP contribution in [-0.4, -0.2) is 23.5 Å². The first kappa shape index (κ1) is 16.0. The van der Waals surface area contributed by atoms with E-state index < -0.39 is 11.9 Å². The molecule has 2 atom stereocenters. The van der Waals surface area contributed by atoms with Gasteiger partial charge in [0.05, 0.1) is 5.92 Å². The molecular formula is C15H27NO3. The number of rotatable bonds is 7. The summed E-state index contributed by atoms with van der Waals surface area (Å²) in [7, 11) is 0. The van der Waals surface area contributed by atoms with Crippen molar-refractivity contribution in [2.24, 2.45) is 17.8 Å². The van der Waals surface area contributed by atoms with Gasteiger partial charge in [-0.2, -0.15) is 0 Å². The standard InChI is InChI=1S/C15H27NO3/c1-3-13(9-12-7-5-4-6-8-12)14(17)16-10-11(2)15(18)19/h11-13H,3-10H2,1-2H3,(H,16,17)(H,18,19). The van der Waals surface area contributed by atoms with E-state index in [1.807, 2.05) is 6.92 Å². The molecule has 1 rings (SSSR count). The van der Waals surface area contributed by atoms with Crippen molar-refractivity contribution in [3.8, 4) is 0 Å². The molecular weight excluding hydrogens is 242 g/mol. The molecule has 1 aliphatic rings. The summed E-state index contributed by atoms with van der Waals surface area (Å²) in [4.78, 5) is 22.8. The quantitative estimate of drug-likeness (QED) is 0.747. The van der Waals surface area contributed by atoms with Crippen LogP contribution in [-0.2, 0) is 9.59 Å². The molecule has 0 bridgehead atoms. The zero-order valence-corrected chi connectivity index (χ0v) is 12.2. The third-order valence-corrected chi connectivity index (χ3v) is 4.21. The summed E-state index contributed by atoms with van der Waals surface area (Å²) in [6.45, 7) is 3.88. The Hall–Kier alpha value is -1.06. The fraction of sp³-hybridized carbons (Fsp3) is 0.867. The maximum absolute atomic E-state index is 12.1. The number of carbonyl (C=O) groups is 2. The SMILES string of the molecule is CCC(CC1CCCCC1)C(=O)NCC(C)C(=O)O. The number of carboxylic acids is 1. The Labute approximate surface area is 116 Å². The van der Waals surface area contributed by atoms with E-state index in [1.54, 1.807) is 6.92 Å². The highest BCUT2D eigenvalue weighted by molar-refractivity contribution is 5.79. The topological polar surface area (TPSA) is 66.4 Å². The van der Waals surface area contributed by atoms with Crippen LogP contribution in [0.15, 0.2) is 0 Å². The first-order valence-corrected chi connectivity index (χ1v) is 7.55.